The second-order valence-corrected chi connectivity index (χ2v) is 9.05. The second-order valence-electron chi connectivity index (χ2n) is 7.77. The molecule has 0 saturated carbocycles. The summed E-state index contributed by atoms with van der Waals surface area (Å²) < 4.78 is 7.74. The number of carboxylic acid groups (broad SMARTS) is 1. The Morgan fingerprint density at radius 2 is 1.59 bits per heavy atom. The number of ether oxygens (including phenoxy) is 1. The van der Waals surface area contributed by atoms with E-state index in [2.05, 4.69) is 0 Å². The summed E-state index contributed by atoms with van der Waals surface area (Å²) in [4.78, 5) is 12.2. The van der Waals surface area contributed by atoms with Crippen LogP contribution in [0.1, 0.15) is 28.0 Å². The van der Waals surface area contributed by atoms with Crippen LogP contribution in [0, 0.1) is 0 Å². The van der Waals surface area contributed by atoms with Crippen LogP contribution in [0.4, 0.5) is 0 Å². The molecule has 0 aliphatic heterocycles. The molecule has 0 unspecified atom stereocenters. The quantitative estimate of drug-likeness (QED) is 0.231. The number of halogens is 3. The highest BCUT2D eigenvalue weighted by molar-refractivity contribution is 6.36. The molecule has 0 atom stereocenters. The fourth-order valence-electron chi connectivity index (χ4n) is 3.87. The summed E-state index contributed by atoms with van der Waals surface area (Å²) >= 11 is 18.7. The highest BCUT2D eigenvalue weighted by atomic mass is 35.5. The Kier molecular flexibility index (Phi) is 7.96. The molecule has 0 amide bonds. The first-order valence-electron chi connectivity index (χ1n) is 10.7. The van der Waals surface area contributed by atoms with Crippen molar-refractivity contribution in [2.24, 2.45) is 0 Å². The van der Waals surface area contributed by atoms with E-state index in [1.165, 1.54) is 0 Å². The zero-order chi connectivity index (χ0) is 24.1. The average molecular weight is 515 g/mol. The minimum absolute atomic E-state index is 0.221. The van der Waals surface area contributed by atoms with Crippen LogP contribution in [-0.4, -0.2) is 22.2 Å². The van der Waals surface area contributed by atoms with Gasteiger partial charge in [-0.15, -0.1) is 0 Å². The SMILES string of the molecule is O=C(O)c1cc(-c2ccc(Cl)cc2Cl)n(-c2ccc(Cl)cc2)c1CCCOCc1ccccc1. The molecule has 174 valence electrons. The third kappa shape index (κ3) is 5.65. The standard InChI is InChI=1S/C27H22Cl3NO3/c28-19-8-11-21(12-9-19)31-25(7-4-14-34-17-18-5-2-1-3-6-18)23(27(32)33)16-26(31)22-13-10-20(29)15-24(22)30/h1-3,5-6,8-13,15-16H,4,7,14,17H2,(H,32,33). The number of hydrogen-bond donors (Lipinski definition) is 1. The third-order valence-corrected chi connectivity index (χ3v) is 6.24. The number of aromatic nitrogens is 1. The Balaban J connectivity index is 1.68. The molecule has 0 aliphatic rings. The van der Waals surface area contributed by atoms with Crippen LogP contribution >= 0.6 is 34.8 Å². The molecule has 4 rings (SSSR count). The van der Waals surface area contributed by atoms with E-state index in [4.69, 9.17) is 39.5 Å². The molecule has 4 nitrogen and oxygen atoms in total. The summed E-state index contributed by atoms with van der Waals surface area (Å²) in [5.74, 6) is -1.00. The van der Waals surface area contributed by atoms with E-state index in [-0.39, 0.29) is 5.56 Å². The fourth-order valence-corrected chi connectivity index (χ4v) is 4.50. The lowest BCUT2D eigenvalue weighted by molar-refractivity contribution is 0.0695. The van der Waals surface area contributed by atoms with Crippen molar-refractivity contribution in [3.05, 3.63) is 111 Å². The van der Waals surface area contributed by atoms with E-state index in [1.807, 2.05) is 47.0 Å². The summed E-state index contributed by atoms with van der Waals surface area (Å²) in [6, 6.07) is 24.0. The van der Waals surface area contributed by atoms with Crippen molar-refractivity contribution in [3.63, 3.8) is 0 Å². The molecular formula is C27H22Cl3NO3. The molecule has 4 aromatic rings. The topological polar surface area (TPSA) is 51.5 Å². The number of nitrogens with zero attached hydrogens (tertiary/aromatic N) is 1. The Hall–Kier alpha value is -2.76. The fraction of sp³-hybridized carbons (Fsp3) is 0.148. The molecule has 34 heavy (non-hydrogen) atoms. The van der Waals surface area contributed by atoms with E-state index >= 15 is 0 Å². The van der Waals surface area contributed by atoms with Crippen molar-refractivity contribution in [2.45, 2.75) is 19.4 Å². The lowest BCUT2D eigenvalue weighted by Crippen LogP contribution is -2.08. The van der Waals surface area contributed by atoms with Gasteiger partial charge in [-0.2, -0.15) is 0 Å². The maximum absolute atomic E-state index is 12.2. The van der Waals surface area contributed by atoms with Crippen molar-refractivity contribution >= 4 is 40.8 Å². The number of carboxylic acids is 1. The van der Waals surface area contributed by atoms with Crippen LogP contribution in [0.5, 0.6) is 0 Å². The number of hydrogen-bond acceptors (Lipinski definition) is 2. The van der Waals surface area contributed by atoms with Gasteiger partial charge in [-0.1, -0.05) is 65.1 Å². The largest absolute Gasteiger partial charge is 0.478 e. The molecule has 3 aromatic carbocycles. The molecule has 0 aliphatic carbocycles. The highest BCUT2D eigenvalue weighted by Crippen LogP contribution is 2.36. The van der Waals surface area contributed by atoms with Gasteiger partial charge < -0.3 is 14.4 Å². The van der Waals surface area contributed by atoms with Crippen molar-refractivity contribution in [2.75, 3.05) is 6.61 Å². The van der Waals surface area contributed by atoms with Crippen molar-refractivity contribution in [3.8, 4) is 16.9 Å². The number of benzene rings is 3. The molecule has 7 heteroatoms. The van der Waals surface area contributed by atoms with Gasteiger partial charge in [0.25, 0.3) is 0 Å². The summed E-state index contributed by atoms with van der Waals surface area (Å²) in [5, 5.41) is 11.5. The van der Waals surface area contributed by atoms with Crippen LogP contribution in [0.3, 0.4) is 0 Å². The van der Waals surface area contributed by atoms with E-state index in [1.54, 1.807) is 36.4 Å². The van der Waals surface area contributed by atoms with Gasteiger partial charge in [-0.25, -0.2) is 4.79 Å². The smallest absolute Gasteiger partial charge is 0.337 e. The van der Waals surface area contributed by atoms with Gasteiger partial charge in [0, 0.05) is 33.6 Å². The first-order chi connectivity index (χ1) is 16.4. The average Bonchev–Trinajstić information content (AvgIpc) is 3.19. The zero-order valence-corrected chi connectivity index (χ0v) is 20.4. The molecule has 0 fully saturated rings. The van der Waals surface area contributed by atoms with E-state index in [0.717, 1.165) is 11.3 Å². The molecular weight excluding hydrogens is 493 g/mol. The van der Waals surface area contributed by atoms with E-state index in [0.29, 0.717) is 58.1 Å². The maximum atomic E-state index is 12.2. The maximum Gasteiger partial charge on any atom is 0.337 e. The molecule has 0 bridgehead atoms. The Morgan fingerprint density at radius 3 is 2.26 bits per heavy atom. The highest BCUT2D eigenvalue weighted by Gasteiger charge is 2.23. The molecule has 1 aromatic heterocycles. The third-order valence-electron chi connectivity index (χ3n) is 5.44. The first kappa shape index (κ1) is 24.4. The molecule has 0 saturated heterocycles. The van der Waals surface area contributed by atoms with Crippen LogP contribution < -0.4 is 0 Å². The summed E-state index contributed by atoms with van der Waals surface area (Å²) in [7, 11) is 0. The van der Waals surface area contributed by atoms with Gasteiger partial charge in [-0.3, -0.25) is 0 Å². The zero-order valence-electron chi connectivity index (χ0n) is 18.2. The Bertz CT molecular complexity index is 1280. The molecule has 1 N–H and O–H groups in total. The van der Waals surface area contributed by atoms with Gasteiger partial charge in [-0.05, 0) is 66.9 Å². The normalized spacial score (nSPS) is 11.0. The molecule has 1 heterocycles. The molecule has 0 radical (unpaired) electrons. The van der Waals surface area contributed by atoms with Gasteiger partial charge in [0.15, 0.2) is 0 Å². The monoisotopic (exact) mass is 513 g/mol. The predicted octanol–water partition coefficient (Wildman–Crippen LogP) is 7.95. The van der Waals surface area contributed by atoms with E-state index < -0.39 is 5.97 Å². The van der Waals surface area contributed by atoms with Gasteiger partial charge in [0.05, 0.1) is 22.9 Å². The Morgan fingerprint density at radius 1 is 0.882 bits per heavy atom. The molecule has 0 spiro atoms. The van der Waals surface area contributed by atoms with Gasteiger partial charge in [0.2, 0.25) is 0 Å². The summed E-state index contributed by atoms with van der Waals surface area (Å²) in [6.45, 7) is 1.01. The van der Waals surface area contributed by atoms with Crippen LogP contribution in [-0.2, 0) is 17.8 Å². The van der Waals surface area contributed by atoms with E-state index in [9.17, 15) is 9.90 Å². The van der Waals surface area contributed by atoms with Crippen LogP contribution in [0.15, 0.2) is 78.9 Å². The number of carbonyl (C=O) groups is 1. The second kappa shape index (κ2) is 11.1. The van der Waals surface area contributed by atoms with Crippen molar-refractivity contribution in [1.82, 2.24) is 4.57 Å². The van der Waals surface area contributed by atoms with Crippen molar-refractivity contribution in [1.29, 1.82) is 0 Å². The number of aromatic carboxylic acids is 1. The van der Waals surface area contributed by atoms with Crippen LogP contribution in [0.2, 0.25) is 15.1 Å². The summed E-state index contributed by atoms with van der Waals surface area (Å²) in [5.41, 5.74) is 4.13. The van der Waals surface area contributed by atoms with Gasteiger partial charge in [0.1, 0.15) is 0 Å². The minimum atomic E-state index is -1.00. The minimum Gasteiger partial charge on any atom is -0.478 e. The summed E-state index contributed by atoms with van der Waals surface area (Å²) in [6.07, 6.45) is 1.16. The van der Waals surface area contributed by atoms with Gasteiger partial charge >= 0.3 is 5.97 Å². The first-order valence-corrected chi connectivity index (χ1v) is 11.9. The lowest BCUT2D eigenvalue weighted by atomic mass is 10.1. The Labute approximate surface area is 213 Å². The number of rotatable bonds is 9. The lowest BCUT2D eigenvalue weighted by Gasteiger charge is -2.16. The van der Waals surface area contributed by atoms with Crippen LogP contribution in [0.25, 0.3) is 16.9 Å². The predicted molar refractivity (Wildman–Crippen MR) is 138 cm³/mol. The van der Waals surface area contributed by atoms with Crippen molar-refractivity contribution < 1.29 is 14.6 Å².